The number of rotatable bonds is 5. The van der Waals surface area contributed by atoms with Gasteiger partial charge in [0, 0.05) is 17.5 Å². The maximum atomic E-state index is 5.88. The monoisotopic (exact) mass is 253 g/mol. The average molecular weight is 253 g/mol. The van der Waals surface area contributed by atoms with Crippen LogP contribution in [0.2, 0.25) is 0 Å². The van der Waals surface area contributed by atoms with E-state index in [9.17, 15) is 0 Å². The van der Waals surface area contributed by atoms with Crippen LogP contribution < -0.4 is 15.2 Å². The third-order valence-corrected chi connectivity index (χ3v) is 4.28. The highest BCUT2D eigenvalue weighted by Gasteiger charge is 2.45. The van der Waals surface area contributed by atoms with Gasteiger partial charge < -0.3 is 15.2 Å². The molecule has 1 aliphatic carbocycles. The van der Waals surface area contributed by atoms with Gasteiger partial charge in [-0.15, -0.1) is 11.8 Å². The summed E-state index contributed by atoms with van der Waals surface area (Å²) in [6.07, 6.45) is 4.32. The van der Waals surface area contributed by atoms with Crippen LogP contribution in [-0.4, -0.2) is 27.0 Å². The second kappa shape index (κ2) is 4.78. The van der Waals surface area contributed by atoms with Crippen molar-refractivity contribution in [1.82, 2.24) is 0 Å². The molecule has 94 valence electrons. The van der Waals surface area contributed by atoms with E-state index in [4.69, 9.17) is 15.2 Å². The predicted octanol–water partition coefficient (Wildman–Crippen LogP) is 2.42. The summed E-state index contributed by atoms with van der Waals surface area (Å²) >= 11 is 1.66. The first-order valence-electron chi connectivity index (χ1n) is 5.72. The number of thioether (sulfide) groups is 1. The summed E-state index contributed by atoms with van der Waals surface area (Å²) in [7, 11) is 3.38. The third-order valence-electron chi connectivity index (χ3n) is 3.52. The fourth-order valence-corrected chi connectivity index (χ4v) is 2.82. The van der Waals surface area contributed by atoms with Gasteiger partial charge >= 0.3 is 0 Å². The van der Waals surface area contributed by atoms with Crippen LogP contribution in [0.4, 0.5) is 0 Å². The zero-order valence-corrected chi connectivity index (χ0v) is 11.4. The molecule has 2 rings (SSSR count). The lowest BCUT2D eigenvalue weighted by atomic mass is 9.95. The maximum Gasteiger partial charge on any atom is 0.174 e. The summed E-state index contributed by atoms with van der Waals surface area (Å²) in [6, 6.07) is 4.23. The lowest BCUT2D eigenvalue weighted by molar-refractivity contribution is 0.342. The molecule has 0 heterocycles. The van der Waals surface area contributed by atoms with Crippen molar-refractivity contribution in [3.8, 4) is 11.5 Å². The highest BCUT2D eigenvalue weighted by Crippen LogP contribution is 2.53. The van der Waals surface area contributed by atoms with E-state index in [1.54, 1.807) is 26.0 Å². The molecule has 0 saturated heterocycles. The molecule has 1 fully saturated rings. The highest BCUT2D eigenvalue weighted by molar-refractivity contribution is 7.98. The smallest absolute Gasteiger partial charge is 0.174 e. The summed E-state index contributed by atoms with van der Waals surface area (Å²) in [5, 5.41) is 0. The molecule has 1 aliphatic rings. The third kappa shape index (κ3) is 2.00. The second-order valence-electron chi connectivity index (χ2n) is 4.37. The minimum atomic E-state index is 0.121. The van der Waals surface area contributed by atoms with Crippen LogP contribution in [0.25, 0.3) is 0 Å². The number of hydrogen-bond donors (Lipinski definition) is 1. The lowest BCUT2D eigenvalue weighted by Crippen LogP contribution is -2.20. The van der Waals surface area contributed by atoms with Gasteiger partial charge in [-0.3, -0.25) is 0 Å². The zero-order chi connectivity index (χ0) is 12.5. The van der Waals surface area contributed by atoms with Crippen molar-refractivity contribution in [2.75, 3.05) is 27.0 Å². The number of benzene rings is 1. The standard InChI is InChI=1S/C13H19NO2S/c1-15-11-9(13(8-14)6-7-13)4-5-10(17-3)12(11)16-2/h4-5H,6-8,14H2,1-3H3. The van der Waals surface area contributed by atoms with Crippen LogP contribution in [0.15, 0.2) is 17.0 Å². The van der Waals surface area contributed by atoms with Gasteiger partial charge in [0.2, 0.25) is 0 Å². The Hall–Kier alpha value is -0.870. The van der Waals surface area contributed by atoms with Crippen molar-refractivity contribution < 1.29 is 9.47 Å². The number of methoxy groups -OCH3 is 2. The van der Waals surface area contributed by atoms with Crippen molar-refractivity contribution in [2.45, 2.75) is 23.2 Å². The van der Waals surface area contributed by atoms with Gasteiger partial charge in [-0.25, -0.2) is 0 Å². The molecule has 1 aromatic rings. The molecule has 0 aliphatic heterocycles. The Morgan fingerprint density at radius 1 is 1.24 bits per heavy atom. The predicted molar refractivity (Wildman–Crippen MR) is 71.3 cm³/mol. The van der Waals surface area contributed by atoms with E-state index in [1.165, 1.54) is 5.56 Å². The summed E-state index contributed by atoms with van der Waals surface area (Å²) in [5.41, 5.74) is 7.20. The summed E-state index contributed by atoms with van der Waals surface area (Å²) in [4.78, 5) is 1.10. The molecule has 0 spiro atoms. The molecule has 1 aromatic carbocycles. The molecule has 0 unspecified atom stereocenters. The Balaban J connectivity index is 2.54. The first kappa shape index (κ1) is 12.6. The molecule has 3 nitrogen and oxygen atoms in total. The first-order valence-corrected chi connectivity index (χ1v) is 6.94. The van der Waals surface area contributed by atoms with Crippen LogP contribution in [0.1, 0.15) is 18.4 Å². The normalized spacial score (nSPS) is 16.7. The molecular formula is C13H19NO2S. The van der Waals surface area contributed by atoms with E-state index in [1.807, 2.05) is 6.26 Å². The van der Waals surface area contributed by atoms with E-state index in [0.717, 1.165) is 29.2 Å². The van der Waals surface area contributed by atoms with E-state index in [2.05, 4.69) is 12.1 Å². The van der Waals surface area contributed by atoms with E-state index in [-0.39, 0.29) is 5.41 Å². The molecule has 0 bridgehead atoms. The molecule has 4 heteroatoms. The Morgan fingerprint density at radius 3 is 2.29 bits per heavy atom. The molecule has 17 heavy (non-hydrogen) atoms. The summed E-state index contributed by atoms with van der Waals surface area (Å²) in [6.45, 7) is 0.672. The molecular weight excluding hydrogens is 234 g/mol. The van der Waals surface area contributed by atoms with Gasteiger partial charge in [-0.1, -0.05) is 6.07 Å². The minimum absolute atomic E-state index is 0.121. The summed E-state index contributed by atoms with van der Waals surface area (Å²) in [5.74, 6) is 1.68. The largest absolute Gasteiger partial charge is 0.493 e. The van der Waals surface area contributed by atoms with Crippen LogP contribution in [0.5, 0.6) is 11.5 Å². The van der Waals surface area contributed by atoms with Crippen molar-refractivity contribution in [2.24, 2.45) is 5.73 Å². The van der Waals surface area contributed by atoms with Gasteiger partial charge in [0.25, 0.3) is 0 Å². The zero-order valence-electron chi connectivity index (χ0n) is 10.6. The van der Waals surface area contributed by atoms with Gasteiger partial charge in [-0.05, 0) is 25.2 Å². The molecule has 2 N–H and O–H groups in total. The van der Waals surface area contributed by atoms with Crippen LogP contribution in [0.3, 0.4) is 0 Å². The molecule has 0 radical (unpaired) electrons. The quantitative estimate of drug-likeness (QED) is 0.819. The Labute approximate surface area is 107 Å². The maximum absolute atomic E-state index is 5.88. The van der Waals surface area contributed by atoms with Crippen LogP contribution in [-0.2, 0) is 5.41 Å². The van der Waals surface area contributed by atoms with E-state index in [0.29, 0.717) is 6.54 Å². The van der Waals surface area contributed by atoms with Gasteiger partial charge in [-0.2, -0.15) is 0 Å². The number of hydrogen-bond acceptors (Lipinski definition) is 4. The summed E-state index contributed by atoms with van der Waals surface area (Å²) < 4.78 is 11.0. The first-order chi connectivity index (χ1) is 8.22. The van der Waals surface area contributed by atoms with Gasteiger partial charge in [0.15, 0.2) is 11.5 Å². The molecule has 0 aromatic heterocycles. The Kier molecular flexibility index (Phi) is 3.54. The average Bonchev–Trinajstić information content (AvgIpc) is 3.17. The highest BCUT2D eigenvalue weighted by atomic mass is 32.2. The van der Waals surface area contributed by atoms with Crippen molar-refractivity contribution in [3.05, 3.63) is 17.7 Å². The second-order valence-corrected chi connectivity index (χ2v) is 5.21. The fourth-order valence-electron chi connectivity index (χ4n) is 2.25. The SMILES string of the molecule is COc1c(SC)ccc(C2(CN)CC2)c1OC. The van der Waals surface area contributed by atoms with Gasteiger partial charge in [0.1, 0.15) is 0 Å². The Bertz CT molecular complexity index is 416. The van der Waals surface area contributed by atoms with Crippen molar-refractivity contribution >= 4 is 11.8 Å². The molecule has 0 amide bonds. The van der Waals surface area contributed by atoms with E-state index >= 15 is 0 Å². The van der Waals surface area contributed by atoms with E-state index < -0.39 is 0 Å². The minimum Gasteiger partial charge on any atom is -0.493 e. The number of ether oxygens (including phenoxy) is 2. The van der Waals surface area contributed by atoms with Gasteiger partial charge in [0.05, 0.1) is 19.1 Å². The van der Waals surface area contributed by atoms with Crippen LogP contribution >= 0.6 is 11.8 Å². The van der Waals surface area contributed by atoms with Crippen LogP contribution in [0, 0.1) is 0 Å². The Morgan fingerprint density at radius 2 is 1.88 bits per heavy atom. The fraction of sp³-hybridized carbons (Fsp3) is 0.538. The van der Waals surface area contributed by atoms with Crippen molar-refractivity contribution in [3.63, 3.8) is 0 Å². The lowest BCUT2D eigenvalue weighted by Gasteiger charge is -2.20. The topological polar surface area (TPSA) is 44.5 Å². The molecule has 0 atom stereocenters. The van der Waals surface area contributed by atoms with Crippen molar-refractivity contribution in [1.29, 1.82) is 0 Å². The molecule has 1 saturated carbocycles. The number of nitrogens with two attached hydrogens (primary N) is 1.